The van der Waals surface area contributed by atoms with Crippen LogP contribution in [0.2, 0.25) is 0 Å². The SMILES string of the molecule is COc1c(C)ccc2c(F)csc12. The lowest BCUT2D eigenvalue weighted by molar-refractivity contribution is 0.417. The number of rotatable bonds is 1. The first-order valence-corrected chi connectivity index (χ1v) is 4.82. The van der Waals surface area contributed by atoms with E-state index in [1.54, 1.807) is 13.2 Å². The van der Waals surface area contributed by atoms with Crippen LogP contribution in [0.4, 0.5) is 4.39 Å². The molecule has 0 saturated heterocycles. The molecule has 0 aliphatic heterocycles. The topological polar surface area (TPSA) is 9.23 Å². The van der Waals surface area contributed by atoms with Gasteiger partial charge in [-0.1, -0.05) is 12.1 Å². The first-order chi connectivity index (χ1) is 6.24. The van der Waals surface area contributed by atoms with E-state index in [4.69, 9.17) is 4.74 Å². The molecule has 0 atom stereocenters. The molecule has 0 aliphatic rings. The molecule has 0 N–H and O–H groups in total. The van der Waals surface area contributed by atoms with Crippen molar-refractivity contribution in [1.82, 2.24) is 0 Å². The second-order valence-electron chi connectivity index (χ2n) is 2.88. The van der Waals surface area contributed by atoms with Crippen molar-refractivity contribution in [1.29, 1.82) is 0 Å². The van der Waals surface area contributed by atoms with Gasteiger partial charge in [0.15, 0.2) is 0 Å². The van der Waals surface area contributed by atoms with Gasteiger partial charge < -0.3 is 4.74 Å². The van der Waals surface area contributed by atoms with Crippen LogP contribution in [-0.2, 0) is 0 Å². The second kappa shape index (κ2) is 3.00. The van der Waals surface area contributed by atoms with Crippen molar-refractivity contribution in [2.75, 3.05) is 7.11 Å². The zero-order valence-electron chi connectivity index (χ0n) is 7.43. The number of methoxy groups -OCH3 is 1. The molecule has 0 amide bonds. The second-order valence-corrected chi connectivity index (χ2v) is 3.76. The van der Waals surface area contributed by atoms with E-state index in [9.17, 15) is 4.39 Å². The lowest BCUT2D eigenvalue weighted by Crippen LogP contribution is -1.86. The maximum Gasteiger partial charge on any atom is 0.141 e. The minimum atomic E-state index is -0.168. The predicted octanol–water partition coefficient (Wildman–Crippen LogP) is 3.36. The summed E-state index contributed by atoms with van der Waals surface area (Å²) in [6.07, 6.45) is 0. The van der Waals surface area contributed by atoms with Crippen LogP contribution in [0.1, 0.15) is 5.56 Å². The first-order valence-electron chi connectivity index (χ1n) is 3.94. The molecule has 0 spiro atoms. The normalized spacial score (nSPS) is 10.7. The molecule has 68 valence electrons. The van der Waals surface area contributed by atoms with Crippen LogP contribution in [0.15, 0.2) is 17.5 Å². The third kappa shape index (κ3) is 1.20. The zero-order valence-corrected chi connectivity index (χ0v) is 8.24. The maximum atomic E-state index is 13.1. The van der Waals surface area contributed by atoms with Crippen molar-refractivity contribution in [2.45, 2.75) is 6.92 Å². The fourth-order valence-corrected chi connectivity index (χ4v) is 2.39. The van der Waals surface area contributed by atoms with Gasteiger partial charge in [0, 0.05) is 10.8 Å². The van der Waals surface area contributed by atoms with Gasteiger partial charge in [-0.05, 0) is 12.5 Å². The molecule has 0 radical (unpaired) electrons. The number of fused-ring (bicyclic) bond motifs is 1. The smallest absolute Gasteiger partial charge is 0.141 e. The third-order valence-corrected chi connectivity index (χ3v) is 3.02. The number of thiophene rings is 1. The number of halogens is 1. The Bertz CT molecular complexity index is 447. The highest BCUT2D eigenvalue weighted by atomic mass is 32.1. The molecule has 13 heavy (non-hydrogen) atoms. The van der Waals surface area contributed by atoms with Crippen molar-refractivity contribution >= 4 is 21.4 Å². The van der Waals surface area contributed by atoms with E-state index in [1.807, 2.05) is 13.0 Å². The van der Waals surface area contributed by atoms with Gasteiger partial charge in [0.05, 0.1) is 11.8 Å². The fraction of sp³-hybridized carbons (Fsp3) is 0.200. The molecule has 2 rings (SSSR count). The summed E-state index contributed by atoms with van der Waals surface area (Å²) in [6.45, 7) is 1.95. The quantitative estimate of drug-likeness (QED) is 0.679. The molecule has 2 aromatic rings. The largest absolute Gasteiger partial charge is 0.495 e. The van der Waals surface area contributed by atoms with Crippen molar-refractivity contribution in [2.24, 2.45) is 0 Å². The van der Waals surface area contributed by atoms with Crippen molar-refractivity contribution in [3.8, 4) is 5.75 Å². The molecular formula is C10H9FOS. The van der Waals surface area contributed by atoms with Gasteiger partial charge in [0.1, 0.15) is 11.6 Å². The Morgan fingerprint density at radius 2 is 2.15 bits per heavy atom. The van der Waals surface area contributed by atoms with E-state index in [0.717, 1.165) is 16.0 Å². The van der Waals surface area contributed by atoms with Gasteiger partial charge in [0.25, 0.3) is 0 Å². The molecule has 1 aromatic carbocycles. The van der Waals surface area contributed by atoms with Gasteiger partial charge >= 0.3 is 0 Å². The average Bonchev–Trinajstić information content (AvgIpc) is 2.48. The predicted molar refractivity (Wildman–Crippen MR) is 53.1 cm³/mol. The monoisotopic (exact) mass is 196 g/mol. The van der Waals surface area contributed by atoms with Gasteiger partial charge in [-0.2, -0.15) is 0 Å². The summed E-state index contributed by atoms with van der Waals surface area (Å²) in [5.41, 5.74) is 1.04. The summed E-state index contributed by atoms with van der Waals surface area (Å²) in [4.78, 5) is 0. The molecule has 0 aliphatic carbocycles. The molecule has 0 saturated carbocycles. The maximum absolute atomic E-state index is 13.1. The standard InChI is InChI=1S/C10H9FOS/c1-6-3-4-7-8(11)5-13-10(7)9(6)12-2/h3-5H,1-2H3. The van der Waals surface area contributed by atoms with Crippen LogP contribution in [-0.4, -0.2) is 7.11 Å². The first kappa shape index (κ1) is 8.51. The molecule has 1 heterocycles. The minimum Gasteiger partial charge on any atom is -0.495 e. The highest BCUT2D eigenvalue weighted by Gasteiger charge is 2.09. The number of hydrogen-bond donors (Lipinski definition) is 0. The summed E-state index contributed by atoms with van der Waals surface area (Å²) in [5.74, 6) is 0.615. The van der Waals surface area contributed by atoms with E-state index in [1.165, 1.54) is 16.7 Å². The molecule has 0 unspecified atom stereocenters. The summed E-state index contributed by atoms with van der Waals surface area (Å²) in [6, 6.07) is 3.66. The van der Waals surface area contributed by atoms with Gasteiger partial charge in [-0.15, -0.1) is 11.3 Å². The molecule has 1 nitrogen and oxygen atoms in total. The van der Waals surface area contributed by atoms with Gasteiger partial charge in [-0.25, -0.2) is 4.39 Å². The highest BCUT2D eigenvalue weighted by molar-refractivity contribution is 7.17. The lowest BCUT2D eigenvalue weighted by Gasteiger charge is -2.04. The van der Waals surface area contributed by atoms with E-state index >= 15 is 0 Å². The van der Waals surface area contributed by atoms with Crippen LogP contribution >= 0.6 is 11.3 Å². The number of hydrogen-bond acceptors (Lipinski definition) is 2. The molecule has 0 fully saturated rings. The van der Waals surface area contributed by atoms with E-state index < -0.39 is 0 Å². The van der Waals surface area contributed by atoms with Crippen LogP contribution < -0.4 is 4.74 Å². The Morgan fingerprint density at radius 1 is 1.38 bits per heavy atom. The van der Waals surface area contributed by atoms with Crippen molar-refractivity contribution in [3.05, 3.63) is 28.9 Å². The Balaban J connectivity index is 2.85. The number of benzene rings is 1. The van der Waals surface area contributed by atoms with E-state index in [-0.39, 0.29) is 5.82 Å². The Morgan fingerprint density at radius 3 is 2.85 bits per heavy atom. The van der Waals surface area contributed by atoms with E-state index in [2.05, 4.69) is 0 Å². The average molecular weight is 196 g/mol. The van der Waals surface area contributed by atoms with Crippen molar-refractivity contribution in [3.63, 3.8) is 0 Å². The summed E-state index contributed by atoms with van der Waals surface area (Å²) < 4.78 is 19.3. The number of ether oxygens (including phenoxy) is 1. The van der Waals surface area contributed by atoms with Crippen LogP contribution in [0.25, 0.3) is 10.1 Å². The fourth-order valence-electron chi connectivity index (χ4n) is 1.39. The van der Waals surface area contributed by atoms with Gasteiger partial charge in [-0.3, -0.25) is 0 Å². The summed E-state index contributed by atoms with van der Waals surface area (Å²) >= 11 is 1.38. The Hall–Kier alpha value is -1.09. The Labute approximate surface area is 79.8 Å². The zero-order chi connectivity index (χ0) is 9.42. The van der Waals surface area contributed by atoms with Crippen LogP contribution in [0.5, 0.6) is 5.75 Å². The molecule has 0 bridgehead atoms. The molecule has 1 aromatic heterocycles. The number of aryl methyl sites for hydroxylation is 1. The van der Waals surface area contributed by atoms with Crippen LogP contribution in [0, 0.1) is 12.7 Å². The Kier molecular flexibility index (Phi) is 1.96. The van der Waals surface area contributed by atoms with Gasteiger partial charge in [0.2, 0.25) is 0 Å². The summed E-state index contributed by atoms with van der Waals surface area (Å²) in [7, 11) is 1.61. The molecular weight excluding hydrogens is 187 g/mol. The lowest BCUT2D eigenvalue weighted by atomic mass is 10.2. The minimum absolute atomic E-state index is 0.168. The van der Waals surface area contributed by atoms with E-state index in [0.29, 0.717) is 5.39 Å². The summed E-state index contributed by atoms with van der Waals surface area (Å²) in [5, 5.41) is 2.15. The third-order valence-electron chi connectivity index (χ3n) is 2.05. The van der Waals surface area contributed by atoms with Crippen LogP contribution in [0.3, 0.4) is 0 Å². The van der Waals surface area contributed by atoms with Crippen molar-refractivity contribution < 1.29 is 9.13 Å². The molecule has 3 heteroatoms. The highest BCUT2D eigenvalue weighted by Crippen LogP contribution is 2.35.